The molecule has 4 fully saturated rings. The first-order valence-corrected chi connectivity index (χ1v) is 4.38. The van der Waals surface area contributed by atoms with Gasteiger partial charge in [-0.25, -0.2) is 0 Å². The van der Waals surface area contributed by atoms with Gasteiger partial charge >= 0.3 is 0 Å². The Hall–Kier alpha value is -0.330. The summed E-state index contributed by atoms with van der Waals surface area (Å²) >= 11 is 0. The Balaban J connectivity index is 2.05. The lowest BCUT2D eigenvalue weighted by Crippen LogP contribution is -2.26. The average molecular weight is 136 g/mol. The molecule has 4 saturated carbocycles. The molecule has 0 aromatic rings. The molecule has 0 N–H and O–H groups in total. The van der Waals surface area contributed by atoms with E-state index in [4.69, 9.17) is 0 Å². The first-order valence-electron chi connectivity index (χ1n) is 4.38. The number of Topliss-reactive ketones (excluding diaryl/α,β-unsaturated/α-hetero) is 1. The number of hydrogen-bond acceptors (Lipinski definition) is 1. The van der Waals surface area contributed by atoms with Gasteiger partial charge in [-0.2, -0.15) is 0 Å². The standard InChI is InChI=1S/C9H12O/c10-9-7-1-5-2-8(9)4-6(5)3-7/h5-8H,1-4H2. The molecule has 10 heavy (non-hydrogen) atoms. The zero-order valence-corrected chi connectivity index (χ0v) is 6.05. The van der Waals surface area contributed by atoms with E-state index < -0.39 is 0 Å². The molecule has 0 atom stereocenters. The van der Waals surface area contributed by atoms with Crippen LogP contribution in [0.25, 0.3) is 0 Å². The normalized spacial score (nSPS) is 56.6. The second-order valence-corrected chi connectivity index (χ2v) is 4.26. The molecule has 0 radical (unpaired) electrons. The third-order valence-electron chi connectivity index (χ3n) is 3.82. The van der Waals surface area contributed by atoms with E-state index in [1.807, 2.05) is 0 Å². The maximum Gasteiger partial charge on any atom is 0.139 e. The Labute approximate surface area is 60.8 Å². The largest absolute Gasteiger partial charge is 0.299 e. The van der Waals surface area contributed by atoms with Crippen LogP contribution in [0.2, 0.25) is 0 Å². The Bertz CT molecular complexity index is 165. The molecule has 1 nitrogen and oxygen atoms in total. The molecular formula is C9H12O. The van der Waals surface area contributed by atoms with E-state index in [1.165, 1.54) is 25.7 Å². The van der Waals surface area contributed by atoms with Crippen molar-refractivity contribution >= 4 is 5.78 Å². The summed E-state index contributed by atoms with van der Waals surface area (Å²) in [7, 11) is 0. The summed E-state index contributed by atoms with van der Waals surface area (Å²) in [6.45, 7) is 0. The summed E-state index contributed by atoms with van der Waals surface area (Å²) in [6, 6.07) is 0. The maximum absolute atomic E-state index is 11.4. The molecule has 4 aliphatic rings. The van der Waals surface area contributed by atoms with Crippen LogP contribution < -0.4 is 0 Å². The van der Waals surface area contributed by atoms with Gasteiger partial charge in [0.2, 0.25) is 0 Å². The fraction of sp³-hybridized carbons (Fsp3) is 0.889. The number of carbonyl (C=O) groups excluding carboxylic acids is 1. The van der Waals surface area contributed by atoms with Gasteiger partial charge in [0, 0.05) is 11.8 Å². The second kappa shape index (κ2) is 1.46. The molecule has 0 aromatic heterocycles. The van der Waals surface area contributed by atoms with Crippen molar-refractivity contribution in [2.24, 2.45) is 23.7 Å². The van der Waals surface area contributed by atoms with Crippen molar-refractivity contribution < 1.29 is 4.79 Å². The third-order valence-corrected chi connectivity index (χ3v) is 3.82. The predicted octanol–water partition coefficient (Wildman–Crippen LogP) is 1.62. The third kappa shape index (κ3) is 0.446. The van der Waals surface area contributed by atoms with Gasteiger partial charge in [-0.15, -0.1) is 0 Å². The van der Waals surface area contributed by atoms with Crippen molar-refractivity contribution in [2.75, 3.05) is 0 Å². The van der Waals surface area contributed by atoms with E-state index in [-0.39, 0.29) is 0 Å². The molecule has 4 bridgehead atoms. The fourth-order valence-electron chi connectivity index (χ4n) is 3.41. The van der Waals surface area contributed by atoms with Crippen molar-refractivity contribution in [1.82, 2.24) is 0 Å². The van der Waals surface area contributed by atoms with Crippen molar-refractivity contribution in [3.8, 4) is 0 Å². The van der Waals surface area contributed by atoms with E-state index in [0.717, 1.165) is 11.8 Å². The quantitative estimate of drug-likeness (QED) is 0.494. The van der Waals surface area contributed by atoms with Gasteiger partial charge in [-0.3, -0.25) is 4.79 Å². The lowest BCUT2D eigenvalue weighted by Gasteiger charge is -2.22. The minimum Gasteiger partial charge on any atom is -0.299 e. The van der Waals surface area contributed by atoms with Gasteiger partial charge in [0.15, 0.2) is 0 Å². The van der Waals surface area contributed by atoms with Crippen LogP contribution in [-0.4, -0.2) is 5.78 Å². The Morgan fingerprint density at radius 3 is 1.70 bits per heavy atom. The summed E-state index contributed by atoms with van der Waals surface area (Å²) in [4.78, 5) is 11.4. The average Bonchev–Trinajstić information content (AvgIpc) is 2.33. The zero-order chi connectivity index (χ0) is 6.72. The van der Waals surface area contributed by atoms with Crippen LogP contribution in [0.3, 0.4) is 0 Å². The summed E-state index contributed by atoms with van der Waals surface area (Å²) in [5, 5.41) is 0. The van der Waals surface area contributed by atoms with Crippen LogP contribution in [0.15, 0.2) is 0 Å². The Kier molecular flexibility index (Phi) is 0.781. The summed E-state index contributed by atoms with van der Waals surface area (Å²) in [6.07, 6.45) is 5.00. The number of hydrogen-bond donors (Lipinski definition) is 0. The lowest BCUT2D eigenvalue weighted by molar-refractivity contribution is -0.129. The maximum atomic E-state index is 11.4. The van der Waals surface area contributed by atoms with E-state index >= 15 is 0 Å². The molecule has 0 saturated heterocycles. The molecule has 54 valence electrons. The molecule has 0 spiro atoms. The summed E-state index contributed by atoms with van der Waals surface area (Å²) < 4.78 is 0. The highest BCUT2D eigenvalue weighted by atomic mass is 16.1. The molecule has 0 aromatic carbocycles. The van der Waals surface area contributed by atoms with Gasteiger partial charge in [0.05, 0.1) is 0 Å². The summed E-state index contributed by atoms with van der Waals surface area (Å²) in [5.74, 6) is 3.58. The van der Waals surface area contributed by atoms with Crippen LogP contribution in [0.5, 0.6) is 0 Å². The molecule has 0 heterocycles. The van der Waals surface area contributed by atoms with Crippen LogP contribution in [0.1, 0.15) is 25.7 Å². The lowest BCUT2D eigenvalue weighted by atomic mass is 9.81. The monoisotopic (exact) mass is 136 g/mol. The highest BCUT2D eigenvalue weighted by molar-refractivity contribution is 5.86. The van der Waals surface area contributed by atoms with Gasteiger partial charge in [-0.1, -0.05) is 0 Å². The number of ketones is 1. The van der Waals surface area contributed by atoms with Gasteiger partial charge in [0.25, 0.3) is 0 Å². The van der Waals surface area contributed by atoms with E-state index in [0.29, 0.717) is 17.6 Å². The highest BCUT2D eigenvalue weighted by Crippen LogP contribution is 2.56. The summed E-state index contributed by atoms with van der Waals surface area (Å²) in [5.41, 5.74) is 0. The van der Waals surface area contributed by atoms with Crippen LogP contribution in [0, 0.1) is 23.7 Å². The van der Waals surface area contributed by atoms with E-state index in [1.54, 1.807) is 0 Å². The fourth-order valence-corrected chi connectivity index (χ4v) is 3.41. The SMILES string of the molecule is O=C1C2CC3CC1CC3C2. The van der Waals surface area contributed by atoms with Gasteiger partial charge in [-0.05, 0) is 37.5 Å². The van der Waals surface area contributed by atoms with Crippen LogP contribution in [0.4, 0.5) is 0 Å². The zero-order valence-electron chi connectivity index (χ0n) is 6.05. The molecular weight excluding hydrogens is 124 g/mol. The van der Waals surface area contributed by atoms with Crippen molar-refractivity contribution in [1.29, 1.82) is 0 Å². The molecule has 1 heteroatoms. The first kappa shape index (κ1) is 5.34. The molecule has 4 aliphatic carbocycles. The molecule has 4 rings (SSSR count). The number of carbonyl (C=O) groups is 1. The van der Waals surface area contributed by atoms with E-state index in [9.17, 15) is 4.79 Å². The Morgan fingerprint density at radius 2 is 1.30 bits per heavy atom. The minimum atomic E-state index is 0.516. The van der Waals surface area contributed by atoms with Crippen molar-refractivity contribution in [3.05, 3.63) is 0 Å². The molecule has 0 aliphatic heterocycles. The van der Waals surface area contributed by atoms with Gasteiger partial charge in [0.1, 0.15) is 5.78 Å². The van der Waals surface area contributed by atoms with Crippen LogP contribution >= 0.6 is 0 Å². The van der Waals surface area contributed by atoms with Crippen molar-refractivity contribution in [3.63, 3.8) is 0 Å². The highest BCUT2D eigenvalue weighted by Gasteiger charge is 2.52. The topological polar surface area (TPSA) is 17.1 Å². The van der Waals surface area contributed by atoms with Crippen molar-refractivity contribution in [2.45, 2.75) is 25.7 Å². The van der Waals surface area contributed by atoms with Crippen LogP contribution in [-0.2, 0) is 4.79 Å². The second-order valence-electron chi connectivity index (χ2n) is 4.26. The van der Waals surface area contributed by atoms with E-state index in [2.05, 4.69) is 0 Å². The Morgan fingerprint density at radius 1 is 0.900 bits per heavy atom. The predicted molar refractivity (Wildman–Crippen MR) is 37.4 cm³/mol. The molecule has 0 unspecified atom stereocenters. The minimum absolute atomic E-state index is 0.516. The number of rotatable bonds is 0. The van der Waals surface area contributed by atoms with Gasteiger partial charge < -0.3 is 0 Å². The smallest absolute Gasteiger partial charge is 0.139 e. The first-order chi connectivity index (χ1) is 4.84. The molecule has 0 amide bonds.